The van der Waals surface area contributed by atoms with Gasteiger partial charge in [0.05, 0.1) is 22.7 Å². The fourth-order valence-corrected chi connectivity index (χ4v) is 4.37. The predicted molar refractivity (Wildman–Crippen MR) is 75.2 cm³/mol. The molecule has 22 heavy (non-hydrogen) atoms. The van der Waals surface area contributed by atoms with Crippen LogP contribution in [0.15, 0.2) is 23.1 Å². The van der Waals surface area contributed by atoms with E-state index >= 15 is 0 Å². The number of morpholine rings is 1. The summed E-state index contributed by atoms with van der Waals surface area (Å²) < 4.78 is 70.9. The Labute approximate surface area is 131 Å². The maximum atomic E-state index is 13.1. The van der Waals surface area contributed by atoms with Gasteiger partial charge in [0.2, 0.25) is 10.0 Å². The van der Waals surface area contributed by atoms with E-state index in [0.717, 1.165) is 16.4 Å². The van der Waals surface area contributed by atoms with E-state index in [0.29, 0.717) is 6.07 Å². The molecule has 4 nitrogen and oxygen atoms in total. The van der Waals surface area contributed by atoms with Gasteiger partial charge in [-0.3, -0.25) is 0 Å². The Kier molecular flexibility index (Phi) is 4.77. The molecule has 1 aromatic rings. The summed E-state index contributed by atoms with van der Waals surface area (Å²) in [5.41, 5.74) is -1.26. The molecule has 0 bridgehead atoms. The number of halogens is 4. The fourth-order valence-electron chi connectivity index (χ4n) is 2.41. The Morgan fingerprint density at radius 3 is 2.27 bits per heavy atom. The largest absolute Gasteiger partial charge is 0.417 e. The summed E-state index contributed by atoms with van der Waals surface area (Å²) in [7, 11) is -4.28. The minimum atomic E-state index is -4.81. The summed E-state index contributed by atoms with van der Waals surface area (Å²) in [5, 5.41) is -0.171. The smallest absolute Gasteiger partial charge is 0.373 e. The van der Waals surface area contributed by atoms with Crippen LogP contribution >= 0.6 is 11.6 Å². The Bertz CT molecular complexity index is 653. The van der Waals surface area contributed by atoms with E-state index in [9.17, 15) is 21.6 Å². The minimum absolute atomic E-state index is 0.00654. The zero-order chi connectivity index (χ0) is 16.7. The van der Waals surface area contributed by atoms with Gasteiger partial charge in [0.15, 0.2) is 0 Å². The molecule has 1 aliphatic heterocycles. The van der Waals surface area contributed by atoms with Crippen LogP contribution in [0.25, 0.3) is 0 Å². The second kappa shape index (κ2) is 5.99. The number of hydrogen-bond acceptors (Lipinski definition) is 3. The fraction of sp³-hybridized carbons (Fsp3) is 0.538. The first kappa shape index (κ1) is 17.5. The summed E-state index contributed by atoms with van der Waals surface area (Å²) in [6.07, 6.45) is -5.59. The van der Waals surface area contributed by atoms with Gasteiger partial charge in [-0.1, -0.05) is 11.6 Å². The van der Waals surface area contributed by atoms with Crippen molar-refractivity contribution in [1.82, 2.24) is 4.31 Å². The first-order valence-corrected chi connectivity index (χ1v) is 8.36. The maximum Gasteiger partial charge on any atom is 0.417 e. The SMILES string of the molecule is C[C@@H]1CN(S(=O)(=O)c2ccc(Cl)cc2C(F)(F)F)C[C@@H](C)O1. The third kappa shape index (κ3) is 3.56. The van der Waals surface area contributed by atoms with Crippen LogP contribution in [0, 0.1) is 0 Å². The van der Waals surface area contributed by atoms with Crippen molar-refractivity contribution in [1.29, 1.82) is 0 Å². The molecule has 0 radical (unpaired) electrons. The summed E-state index contributed by atoms with van der Waals surface area (Å²) in [6, 6.07) is 2.66. The van der Waals surface area contributed by atoms with E-state index in [4.69, 9.17) is 16.3 Å². The van der Waals surface area contributed by atoms with Crippen molar-refractivity contribution >= 4 is 21.6 Å². The monoisotopic (exact) mass is 357 g/mol. The molecule has 1 heterocycles. The topological polar surface area (TPSA) is 46.6 Å². The van der Waals surface area contributed by atoms with Crippen LogP contribution in [-0.4, -0.2) is 38.0 Å². The van der Waals surface area contributed by atoms with E-state index in [2.05, 4.69) is 0 Å². The van der Waals surface area contributed by atoms with Crippen molar-refractivity contribution in [3.63, 3.8) is 0 Å². The van der Waals surface area contributed by atoms with E-state index < -0.39 is 26.7 Å². The lowest BCUT2D eigenvalue weighted by atomic mass is 10.2. The number of nitrogens with zero attached hydrogens (tertiary/aromatic N) is 1. The third-order valence-electron chi connectivity index (χ3n) is 3.25. The first-order valence-electron chi connectivity index (χ1n) is 6.54. The van der Waals surface area contributed by atoms with Gasteiger partial charge < -0.3 is 4.74 Å². The Balaban J connectivity index is 2.50. The molecule has 2 atom stereocenters. The molecule has 0 aromatic heterocycles. The molecule has 0 amide bonds. The highest BCUT2D eigenvalue weighted by molar-refractivity contribution is 7.89. The summed E-state index contributed by atoms with van der Waals surface area (Å²) >= 11 is 5.58. The molecule has 0 unspecified atom stereocenters. The van der Waals surface area contributed by atoms with E-state index in [1.165, 1.54) is 0 Å². The number of ether oxygens (including phenoxy) is 1. The predicted octanol–water partition coefficient (Wildman–Crippen LogP) is 3.16. The molecular weight excluding hydrogens is 343 g/mol. The van der Waals surface area contributed by atoms with Crippen LogP contribution < -0.4 is 0 Å². The highest BCUT2D eigenvalue weighted by atomic mass is 35.5. The second-order valence-electron chi connectivity index (χ2n) is 5.22. The van der Waals surface area contributed by atoms with Crippen LogP contribution in [0.1, 0.15) is 19.4 Å². The van der Waals surface area contributed by atoms with Crippen molar-refractivity contribution in [2.45, 2.75) is 37.1 Å². The van der Waals surface area contributed by atoms with E-state index in [1.807, 2.05) is 0 Å². The van der Waals surface area contributed by atoms with Crippen molar-refractivity contribution in [3.05, 3.63) is 28.8 Å². The number of rotatable bonds is 2. The quantitative estimate of drug-likeness (QED) is 0.816. The lowest BCUT2D eigenvalue weighted by molar-refractivity contribution is -0.139. The van der Waals surface area contributed by atoms with E-state index in [-0.39, 0.29) is 30.3 Å². The second-order valence-corrected chi connectivity index (χ2v) is 7.56. The summed E-state index contributed by atoms with van der Waals surface area (Å²) in [5.74, 6) is 0. The van der Waals surface area contributed by atoms with Crippen LogP contribution in [0.2, 0.25) is 5.02 Å². The van der Waals surface area contributed by atoms with Gasteiger partial charge in [0.1, 0.15) is 0 Å². The van der Waals surface area contributed by atoms with Crippen molar-refractivity contribution in [3.8, 4) is 0 Å². The highest BCUT2D eigenvalue weighted by Crippen LogP contribution is 2.37. The van der Waals surface area contributed by atoms with Crippen molar-refractivity contribution in [2.24, 2.45) is 0 Å². The van der Waals surface area contributed by atoms with Gasteiger partial charge in [-0.2, -0.15) is 17.5 Å². The van der Waals surface area contributed by atoms with Crippen molar-refractivity contribution in [2.75, 3.05) is 13.1 Å². The molecule has 1 aromatic carbocycles. The number of alkyl halides is 3. The summed E-state index contributed by atoms with van der Waals surface area (Å²) in [4.78, 5) is -0.786. The highest BCUT2D eigenvalue weighted by Gasteiger charge is 2.40. The normalized spacial score (nSPS) is 24.5. The van der Waals surface area contributed by atoms with Crippen LogP contribution in [0.4, 0.5) is 13.2 Å². The molecule has 0 spiro atoms. The van der Waals surface area contributed by atoms with Gasteiger partial charge >= 0.3 is 6.18 Å². The van der Waals surface area contributed by atoms with Crippen LogP contribution in [0.3, 0.4) is 0 Å². The molecule has 1 fully saturated rings. The Morgan fingerprint density at radius 1 is 1.23 bits per heavy atom. The van der Waals surface area contributed by atoms with Gasteiger partial charge in [-0.15, -0.1) is 0 Å². The molecule has 1 saturated heterocycles. The molecule has 124 valence electrons. The Hall–Kier alpha value is -0.830. The lowest BCUT2D eigenvalue weighted by Crippen LogP contribution is -2.48. The molecule has 9 heteroatoms. The zero-order valence-corrected chi connectivity index (χ0v) is 13.5. The number of hydrogen-bond donors (Lipinski definition) is 0. The number of sulfonamides is 1. The van der Waals surface area contributed by atoms with Gasteiger partial charge in [-0.05, 0) is 32.0 Å². The lowest BCUT2D eigenvalue weighted by Gasteiger charge is -2.34. The molecule has 1 aliphatic rings. The van der Waals surface area contributed by atoms with Crippen molar-refractivity contribution < 1.29 is 26.3 Å². The van der Waals surface area contributed by atoms with Gasteiger partial charge in [0.25, 0.3) is 0 Å². The number of benzene rings is 1. The third-order valence-corrected chi connectivity index (χ3v) is 5.38. The Morgan fingerprint density at radius 2 is 1.77 bits per heavy atom. The average Bonchev–Trinajstić information content (AvgIpc) is 2.36. The van der Waals surface area contributed by atoms with Gasteiger partial charge in [-0.25, -0.2) is 8.42 Å². The molecular formula is C13H15ClF3NO3S. The maximum absolute atomic E-state index is 13.1. The molecule has 0 saturated carbocycles. The molecule has 0 aliphatic carbocycles. The zero-order valence-electron chi connectivity index (χ0n) is 11.9. The van der Waals surface area contributed by atoms with E-state index in [1.54, 1.807) is 13.8 Å². The minimum Gasteiger partial charge on any atom is -0.373 e. The molecule has 0 N–H and O–H groups in total. The van der Waals surface area contributed by atoms with Crippen LogP contribution in [-0.2, 0) is 20.9 Å². The standard InChI is InChI=1S/C13H15ClF3NO3S/c1-8-6-18(7-9(2)21-8)22(19,20)12-4-3-10(14)5-11(12)13(15,16)17/h3-5,8-9H,6-7H2,1-2H3/t8-,9-/m1/s1. The average molecular weight is 358 g/mol. The first-order chi connectivity index (χ1) is 10.0. The summed E-state index contributed by atoms with van der Waals surface area (Å²) in [6.45, 7) is 3.36. The van der Waals surface area contributed by atoms with Gasteiger partial charge in [0, 0.05) is 18.1 Å². The molecule has 2 rings (SSSR count). The van der Waals surface area contributed by atoms with Crippen LogP contribution in [0.5, 0.6) is 0 Å².